The molecule has 9 heavy (non-hydrogen) atoms. The summed E-state index contributed by atoms with van der Waals surface area (Å²) in [6.45, 7) is 0. The Labute approximate surface area is 60.9 Å². The minimum Gasteiger partial charge on any atom is -0.387 e. The molecule has 3 nitrogen and oxygen atoms in total. The molecule has 0 saturated heterocycles. The van der Waals surface area contributed by atoms with E-state index in [4.69, 9.17) is 9.47 Å². The second kappa shape index (κ2) is 8.31. The van der Waals surface area contributed by atoms with Crippen LogP contribution < -0.4 is 4.65 Å². The molecule has 1 N–H and O–H groups in total. The van der Waals surface area contributed by atoms with Crippen molar-refractivity contribution >= 4 is 19.4 Å². The van der Waals surface area contributed by atoms with E-state index in [2.05, 4.69) is 4.65 Å². The Balaban J connectivity index is 2.60. The van der Waals surface area contributed by atoms with Gasteiger partial charge in [0.15, 0.2) is 0 Å². The van der Waals surface area contributed by atoms with E-state index in [1.165, 1.54) is 0 Å². The third-order valence-corrected chi connectivity index (χ3v) is 5.02. The van der Waals surface area contributed by atoms with Gasteiger partial charge in [-0.2, -0.15) is 0 Å². The van der Waals surface area contributed by atoms with Crippen molar-refractivity contribution in [3.05, 3.63) is 0 Å². The quantitative estimate of drug-likeness (QED) is 0.363. The average Bonchev–Trinajstić information content (AvgIpc) is 1.89. The van der Waals surface area contributed by atoms with Crippen molar-refractivity contribution in [3.63, 3.8) is 0 Å². The zero-order valence-corrected chi connectivity index (χ0v) is 8.97. The Bertz CT molecular complexity index is 49.8. The highest BCUT2D eigenvalue weighted by Gasteiger charge is 1.85. The van der Waals surface area contributed by atoms with Gasteiger partial charge in [-0.05, 0) is 0 Å². The molecule has 0 bridgehead atoms. The number of hydrogen-bond acceptors (Lipinski definition) is 3. The second-order valence-corrected chi connectivity index (χ2v) is 5.55. The molecule has 0 aliphatic rings. The van der Waals surface area contributed by atoms with Crippen molar-refractivity contribution in [2.45, 2.75) is 0 Å². The Hall–Kier alpha value is 0.314. The molecule has 0 aromatic rings. The van der Waals surface area contributed by atoms with Crippen LogP contribution in [-0.2, 0) is 9.47 Å². The van der Waals surface area contributed by atoms with Crippen molar-refractivity contribution in [1.29, 1.82) is 0 Å². The van der Waals surface area contributed by atoms with Crippen LogP contribution in [0.2, 0.25) is 0 Å². The largest absolute Gasteiger partial charge is 0.387 e. The third-order valence-electron chi connectivity index (χ3n) is 0.966. The van der Waals surface area contributed by atoms with E-state index < -0.39 is 0 Å². The first-order valence-corrected chi connectivity index (χ1v) is 6.52. The van der Waals surface area contributed by atoms with Crippen LogP contribution in [0.5, 0.6) is 0 Å². The number of methoxy groups -OCH3 is 2. The van der Waals surface area contributed by atoms with E-state index in [0.717, 1.165) is 12.5 Å². The third kappa shape index (κ3) is 8.31. The molecule has 5 heteroatoms. The number of rotatable bonds is 6. The van der Waals surface area contributed by atoms with E-state index in [9.17, 15) is 0 Å². The van der Waals surface area contributed by atoms with Gasteiger partial charge in [-0.1, -0.05) is 0 Å². The van der Waals surface area contributed by atoms with Crippen molar-refractivity contribution in [2.75, 3.05) is 26.7 Å². The Morgan fingerprint density at radius 2 is 1.56 bits per heavy atom. The molecule has 0 spiro atoms. The van der Waals surface area contributed by atoms with E-state index in [1.807, 2.05) is 0 Å². The molecule has 0 atom stereocenters. The Morgan fingerprint density at radius 1 is 1.11 bits per heavy atom. The van der Waals surface area contributed by atoms with Gasteiger partial charge < -0.3 is 14.1 Å². The van der Waals surface area contributed by atoms with Crippen molar-refractivity contribution in [3.8, 4) is 0 Å². The van der Waals surface area contributed by atoms with Gasteiger partial charge in [0.25, 0.3) is 0 Å². The lowest BCUT2D eigenvalue weighted by Crippen LogP contribution is -2.30. The highest BCUT2D eigenvalue weighted by atomic mass is 28.3. The van der Waals surface area contributed by atoms with E-state index in [1.54, 1.807) is 14.2 Å². The SMILES string of the molecule is COC[SiH2]N[SiH2]COC. The molecule has 0 radical (unpaired) electrons. The van der Waals surface area contributed by atoms with Crippen LogP contribution in [-0.4, -0.2) is 46.0 Å². The van der Waals surface area contributed by atoms with Crippen molar-refractivity contribution in [1.82, 2.24) is 4.65 Å². The van der Waals surface area contributed by atoms with Crippen molar-refractivity contribution < 1.29 is 9.47 Å². The van der Waals surface area contributed by atoms with Gasteiger partial charge in [0.2, 0.25) is 0 Å². The topological polar surface area (TPSA) is 30.5 Å². The summed E-state index contributed by atoms with van der Waals surface area (Å²) in [6.07, 6.45) is 1.88. The first-order chi connectivity index (χ1) is 4.41. The van der Waals surface area contributed by atoms with E-state index >= 15 is 0 Å². The smallest absolute Gasteiger partial charge is 0.113 e. The fourth-order valence-electron chi connectivity index (χ4n) is 0.473. The zero-order chi connectivity index (χ0) is 6.95. The summed E-state index contributed by atoms with van der Waals surface area (Å²) < 4.78 is 13.2. The summed E-state index contributed by atoms with van der Waals surface area (Å²) in [5.74, 6) is 0. The lowest BCUT2D eigenvalue weighted by Gasteiger charge is -1.99. The summed E-state index contributed by atoms with van der Waals surface area (Å²) in [5, 5.41) is 0. The molecule has 0 rings (SSSR count). The molecular weight excluding hydrogens is 150 g/mol. The van der Waals surface area contributed by atoms with Crippen LogP contribution in [0.3, 0.4) is 0 Å². The molecule has 0 aliphatic carbocycles. The Morgan fingerprint density at radius 3 is 1.89 bits per heavy atom. The minimum atomic E-state index is -0.0995. The average molecular weight is 165 g/mol. The molecule has 0 aromatic heterocycles. The van der Waals surface area contributed by atoms with Gasteiger partial charge in [-0.15, -0.1) is 0 Å². The molecular formula is C4H15NO2Si2. The number of ether oxygens (including phenoxy) is 2. The van der Waals surface area contributed by atoms with Crippen LogP contribution >= 0.6 is 0 Å². The highest BCUT2D eigenvalue weighted by Crippen LogP contribution is 1.60. The second-order valence-electron chi connectivity index (χ2n) is 1.74. The maximum atomic E-state index is 4.90. The first-order valence-electron chi connectivity index (χ1n) is 3.10. The van der Waals surface area contributed by atoms with Gasteiger partial charge in [0, 0.05) is 26.7 Å². The minimum absolute atomic E-state index is 0.0995. The van der Waals surface area contributed by atoms with Crippen LogP contribution in [0.4, 0.5) is 0 Å². The first kappa shape index (κ1) is 9.31. The summed E-state index contributed by atoms with van der Waals surface area (Å²) >= 11 is 0. The van der Waals surface area contributed by atoms with Crippen LogP contribution in [0.15, 0.2) is 0 Å². The molecule has 0 aromatic carbocycles. The fourth-order valence-corrected chi connectivity index (χ4v) is 3.04. The van der Waals surface area contributed by atoms with Gasteiger partial charge >= 0.3 is 0 Å². The fraction of sp³-hybridized carbons (Fsp3) is 1.00. The molecule has 0 unspecified atom stereocenters. The van der Waals surface area contributed by atoms with Gasteiger partial charge in [0.1, 0.15) is 19.4 Å². The lowest BCUT2D eigenvalue weighted by atomic mass is 11.5. The van der Waals surface area contributed by atoms with Crippen LogP contribution in [0, 0.1) is 0 Å². The summed E-state index contributed by atoms with van der Waals surface area (Å²) in [7, 11) is 3.29. The maximum Gasteiger partial charge on any atom is 0.113 e. The highest BCUT2D eigenvalue weighted by molar-refractivity contribution is 6.50. The molecule has 56 valence electrons. The van der Waals surface area contributed by atoms with Gasteiger partial charge in [-0.3, -0.25) is 0 Å². The monoisotopic (exact) mass is 165 g/mol. The summed E-state index contributed by atoms with van der Waals surface area (Å²) in [6, 6.07) is 0. The van der Waals surface area contributed by atoms with E-state index in [0.29, 0.717) is 0 Å². The maximum absolute atomic E-state index is 4.90. The van der Waals surface area contributed by atoms with Crippen LogP contribution in [0.25, 0.3) is 0 Å². The predicted octanol–water partition coefficient (Wildman–Crippen LogP) is -2.05. The molecule has 0 saturated carbocycles. The van der Waals surface area contributed by atoms with Crippen molar-refractivity contribution in [2.24, 2.45) is 0 Å². The van der Waals surface area contributed by atoms with Crippen LogP contribution in [0.1, 0.15) is 0 Å². The number of nitrogens with one attached hydrogen (secondary N) is 1. The van der Waals surface area contributed by atoms with Gasteiger partial charge in [-0.25, -0.2) is 0 Å². The molecule has 0 amide bonds. The predicted molar refractivity (Wildman–Crippen MR) is 44.0 cm³/mol. The molecule has 0 fully saturated rings. The van der Waals surface area contributed by atoms with E-state index in [-0.39, 0.29) is 19.4 Å². The normalized spacial score (nSPS) is 12.7. The molecule has 0 heterocycles. The number of hydrogen-bond donors (Lipinski definition) is 1. The summed E-state index contributed by atoms with van der Waals surface area (Å²) in [4.78, 5) is 0. The summed E-state index contributed by atoms with van der Waals surface area (Å²) in [5.41, 5.74) is 0. The van der Waals surface area contributed by atoms with Gasteiger partial charge in [0.05, 0.1) is 0 Å². The molecule has 0 aliphatic heterocycles. The standard InChI is InChI=1S/C4H15NO2Si2/c1-6-3-8-5-9-4-7-2/h5H,3-4,8-9H2,1-2H3. The zero-order valence-electron chi connectivity index (χ0n) is 6.14. The lowest BCUT2D eigenvalue weighted by molar-refractivity contribution is 0.248. The Kier molecular flexibility index (Phi) is 8.60.